The number of nitrogens with two attached hydrogens (primary N) is 1. The summed E-state index contributed by atoms with van der Waals surface area (Å²) >= 11 is 0. The minimum Gasteiger partial charge on any atom is -0.409 e. The van der Waals surface area contributed by atoms with Crippen molar-refractivity contribution in [3.05, 3.63) is 0 Å². The number of ether oxygens (including phenoxy) is 1. The van der Waals surface area contributed by atoms with Gasteiger partial charge in [-0.2, -0.15) is 0 Å². The zero-order chi connectivity index (χ0) is 15.5. The van der Waals surface area contributed by atoms with Crippen LogP contribution in [0.15, 0.2) is 5.16 Å². The number of carbonyl (C=O) groups is 1. The van der Waals surface area contributed by atoms with Gasteiger partial charge in [-0.1, -0.05) is 5.16 Å². The lowest BCUT2D eigenvalue weighted by atomic mass is 9.77. The zero-order valence-corrected chi connectivity index (χ0v) is 12.6. The van der Waals surface area contributed by atoms with Crippen LogP contribution in [0.5, 0.6) is 0 Å². The van der Waals surface area contributed by atoms with E-state index in [1.807, 2.05) is 0 Å². The predicted octanol–water partition coefficient (Wildman–Crippen LogP) is -0.823. The van der Waals surface area contributed by atoms with Crippen LogP contribution in [0.2, 0.25) is 0 Å². The SMILES string of the molecule is NC(=NO)C1(C(=O)N2CCCS(=O)(=O)CC2)CCOCC1. The van der Waals surface area contributed by atoms with Crippen LogP contribution in [0.4, 0.5) is 0 Å². The topological polar surface area (TPSA) is 122 Å². The molecule has 0 radical (unpaired) electrons. The van der Waals surface area contributed by atoms with Crippen molar-refractivity contribution in [2.45, 2.75) is 19.3 Å². The van der Waals surface area contributed by atoms with Gasteiger partial charge in [-0.25, -0.2) is 8.42 Å². The Balaban J connectivity index is 2.22. The Kier molecular flexibility index (Phi) is 4.72. The molecule has 2 fully saturated rings. The van der Waals surface area contributed by atoms with Gasteiger partial charge in [0.25, 0.3) is 0 Å². The first kappa shape index (κ1) is 16.0. The van der Waals surface area contributed by atoms with Crippen molar-refractivity contribution in [2.75, 3.05) is 37.8 Å². The van der Waals surface area contributed by atoms with E-state index in [-0.39, 0.29) is 29.8 Å². The highest BCUT2D eigenvalue weighted by atomic mass is 32.2. The Morgan fingerprint density at radius 3 is 2.52 bits per heavy atom. The third-order valence-corrected chi connectivity index (χ3v) is 5.91. The molecule has 21 heavy (non-hydrogen) atoms. The van der Waals surface area contributed by atoms with Crippen LogP contribution in [0.3, 0.4) is 0 Å². The van der Waals surface area contributed by atoms with Gasteiger partial charge in [0.05, 0.1) is 11.5 Å². The molecule has 0 aromatic rings. The minimum atomic E-state index is -3.09. The van der Waals surface area contributed by atoms with E-state index in [2.05, 4.69) is 5.16 Å². The van der Waals surface area contributed by atoms with Gasteiger partial charge < -0.3 is 20.6 Å². The fraction of sp³-hybridized carbons (Fsp3) is 0.833. The van der Waals surface area contributed by atoms with Crippen LogP contribution < -0.4 is 5.73 Å². The smallest absolute Gasteiger partial charge is 0.236 e. The normalized spacial score (nSPS) is 26.1. The maximum atomic E-state index is 12.8. The Bertz CT molecular complexity index is 525. The van der Waals surface area contributed by atoms with Crippen LogP contribution >= 0.6 is 0 Å². The summed E-state index contributed by atoms with van der Waals surface area (Å²) in [5.74, 6) is -0.334. The second-order valence-corrected chi connectivity index (χ2v) is 7.78. The van der Waals surface area contributed by atoms with E-state index in [1.54, 1.807) is 0 Å². The molecule has 9 heteroatoms. The molecule has 0 aromatic carbocycles. The number of hydrogen-bond donors (Lipinski definition) is 2. The minimum absolute atomic E-state index is 0.0402. The summed E-state index contributed by atoms with van der Waals surface area (Å²) in [5, 5.41) is 12.0. The van der Waals surface area contributed by atoms with Crippen molar-refractivity contribution in [3.63, 3.8) is 0 Å². The number of oxime groups is 1. The highest BCUT2D eigenvalue weighted by molar-refractivity contribution is 7.91. The molecule has 120 valence electrons. The van der Waals surface area contributed by atoms with Crippen molar-refractivity contribution < 1.29 is 23.2 Å². The average molecular weight is 319 g/mol. The first-order valence-electron chi connectivity index (χ1n) is 6.97. The first-order valence-corrected chi connectivity index (χ1v) is 8.79. The lowest BCUT2D eigenvalue weighted by Gasteiger charge is -2.38. The zero-order valence-electron chi connectivity index (χ0n) is 11.8. The second-order valence-electron chi connectivity index (χ2n) is 5.48. The van der Waals surface area contributed by atoms with Gasteiger partial charge in [-0.3, -0.25) is 4.79 Å². The van der Waals surface area contributed by atoms with Crippen LogP contribution in [-0.4, -0.2) is 68.1 Å². The molecule has 3 N–H and O–H groups in total. The van der Waals surface area contributed by atoms with Crippen LogP contribution in [0, 0.1) is 5.41 Å². The van der Waals surface area contributed by atoms with Crippen LogP contribution in [-0.2, 0) is 19.4 Å². The molecule has 0 aliphatic carbocycles. The summed E-state index contributed by atoms with van der Waals surface area (Å²) < 4.78 is 28.5. The quantitative estimate of drug-likeness (QED) is 0.297. The van der Waals surface area contributed by atoms with Crippen molar-refractivity contribution >= 4 is 21.6 Å². The van der Waals surface area contributed by atoms with E-state index in [4.69, 9.17) is 15.7 Å². The van der Waals surface area contributed by atoms with Gasteiger partial charge in [0, 0.05) is 26.3 Å². The molecule has 2 aliphatic rings. The van der Waals surface area contributed by atoms with Crippen molar-refractivity contribution in [1.29, 1.82) is 0 Å². The highest BCUT2D eigenvalue weighted by Crippen LogP contribution is 2.33. The summed E-state index contributed by atoms with van der Waals surface area (Å²) in [6.45, 7) is 1.24. The Morgan fingerprint density at radius 1 is 1.24 bits per heavy atom. The van der Waals surface area contributed by atoms with E-state index in [0.29, 0.717) is 39.0 Å². The second kappa shape index (κ2) is 6.18. The van der Waals surface area contributed by atoms with Gasteiger partial charge in [-0.15, -0.1) is 0 Å². The summed E-state index contributed by atoms with van der Waals surface area (Å²) in [4.78, 5) is 14.4. The highest BCUT2D eigenvalue weighted by Gasteiger charge is 2.47. The molecular formula is C12H21N3O5S. The Morgan fingerprint density at radius 2 is 1.90 bits per heavy atom. The molecule has 8 nitrogen and oxygen atoms in total. The number of nitrogens with zero attached hydrogens (tertiary/aromatic N) is 2. The summed E-state index contributed by atoms with van der Waals surface area (Å²) in [7, 11) is -3.09. The molecular weight excluding hydrogens is 298 g/mol. The fourth-order valence-corrected chi connectivity index (χ4v) is 4.11. The number of hydrogen-bond acceptors (Lipinski definition) is 6. The average Bonchev–Trinajstić information content (AvgIpc) is 2.67. The summed E-state index contributed by atoms with van der Waals surface area (Å²) in [5.41, 5.74) is 4.68. The Labute approximate surface area is 123 Å². The van der Waals surface area contributed by atoms with E-state index in [0.717, 1.165) is 0 Å². The molecule has 2 rings (SSSR count). The third-order valence-electron chi connectivity index (χ3n) is 4.20. The molecule has 0 saturated carbocycles. The van der Waals surface area contributed by atoms with Gasteiger partial charge in [0.2, 0.25) is 5.91 Å². The predicted molar refractivity (Wildman–Crippen MR) is 75.7 cm³/mol. The molecule has 2 saturated heterocycles. The maximum absolute atomic E-state index is 12.8. The van der Waals surface area contributed by atoms with Crippen LogP contribution in [0.1, 0.15) is 19.3 Å². The molecule has 0 aromatic heterocycles. The monoisotopic (exact) mass is 319 g/mol. The van der Waals surface area contributed by atoms with Crippen molar-refractivity contribution in [2.24, 2.45) is 16.3 Å². The number of carbonyl (C=O) groups excluding carboxylic acids is 1. The van der Waals surface area contributed by atoms with Crippen molar-refractivity contribution in [1.82, 2.24) is 4.90 Å². The molecule has 2 heterocycles. The molecule has 2 aliphatic heterocycles. The van der Waals surface area contributed by atoms with Gasteiger partial charge in [-0.05, 0) is 19.3 Å². The lowest BCUT2D eigenvalue weighted by Crippen LogP contribution is -2.54. The van der Waals surface area contributed by atoms with Crippen LogP contribution in [0.25, 0.3) is 0 Å². The molecule has 0 atom stereocenters. The molecule has 0 unspecified atom stereocenters. The van der Waals surface area contributed by atoms with E-state index in [9.17, 15) is 13.2 Å². The summed E-state index contributed by atoms with van der Waals surface area (Å²) in [6, 6.07) is 0. The lowest BCUT2D eigenvalue weighted by molar-refractivity contribution is -0.142. The van der Waals surface area contributed by atoms with Gasteiger partial charge in [0.1, 0.15) is 5.41 Å². The molecule has 1 amide bonds. The Hall–Kier alpha value is -1.35. The van der Waals surface area contributed by atoms with E-state index in [1.165, 1.54) is 4.90 Å². The fourth-order valence-electron chi connectivity index (χ4n) is 2.84. The number of amidine groups is 1. The van der Waals surface area contributed by atoms with E-state index < -0.39 is 15.3 Å². The molecule has 0 bridgehead atoms. The van der Waals surface area contributed by atoms with Gasteiger partial charge >= 0.3 is 0 Å². The number of sulfone groups is 1. The standard InChI is InChI=1S/C12H21N3O5S/c13-10(14-17)12(2-6-20-7-3-12)11(16)15-4-1-8-21(18,19)9-5-15/h17H,1-9H2,(H2,13,14). The number of amides is 1. The van der Waals surface area contributed by atoms with Crippen molar-refractivity contribution in [3.8, 4) is 0 Å². The van der Waals surface area contributed by atoms with Gasteiger partial charge in [0.15, 0.2) is 15.7 Å². The largest absolute Gasteiger partial charge is 0.409 e. The summed E-state index contributed by atoms with van der Waals surface area (Å²) in [6.07, 6.45) is 1.09. The van der Waals surface area contributed by atoms with E-state index >= 15 is 0 Å². The maximum Gasteiger partial charge on any atom is 0.236 e. The number of rotatable bonds is 2. The first-order chi connectivity index (χ1) is 9.91. The third kappa shape index (κ3) is 3.29. The molecule has 0 spiro atoms.